The highest BCUT2D eigenvalue weighted by Crippen LogP contribution is 2.62. The van der Waals surface area contributed by atoms with Gasteiger partial charge in [0.1, 0.15) is 0 Å². The van der Waals surface area contributed by atoms with Crippen LogP contribution in [-0.4, -0.2) is 23.0 Å². The molecule has 3 aliphatic rings. The minimum absolute atomic E-state index is 0.0716. The lowest BCUT2D eigenvalue weighted by molar-refractivity contribution is -0.0325. The van der Waals surface area contributed by atoms with Gasteiger partial charge in [0.15, 0.2) is 0 Å². The van der Waals surface area contributed by atoms with Crippen molar-refractivity contribution in [2.45, 2.75) is 57.5 Å². The Kier molecular flexibility index (Phi) is 5.12. The third-order valence-electron chi connectivity index (χ3n) is 8.84. The minimum Gasteiger partial charge on any atom is -0.392 e. The molecule has 0 radical (unpaired) electrons. The molecule has 0 saturated heterocycles. The van der Waals surface area contributed by atoms with Gasteiger partial charge in [0.05, 0.1) is 6.10 Å². The predicted octanol–water partition coefficient (Wildman–Crippen LogP) is 3.57. The van der Waals surface area contributed by atoms with Gasteiger partial charge in [-0.15, -0.1) is 0 Å². The lowest BCUT2D eigenvalue weighted by Gasteiger charge is -2.50. The molecule has 0 unspecified atom stereocenters. The fraction of sp³-hybridized carbons (Fsp3) is 0.481. The summed E-state index contributed by atoms with van der Waals surface area (Å²) in [5.41, 5.74) is 15.7. The second kappa shape index (κ2) is 7.73. The van der Waals surface area contributed by atoms with Crippen LogP contribution in [0.3, 0.4) is 0 Å². The van der Waals surface area contributed by atoms with Gasteiger partial charge in [-0.2, -0.15) is 0 Å². The monoisotopic (exact) mass is 432 g/mol. The van der Waals surface area contributed by atoms with Gasteiger partial charge in [-0.3, -0.25) is 9.59 Å². The van der Waals surface area contributed by atoms with Crippen LogP contribution in [0.5, 0.6) is 0 Å². The molecule has 32 heavy (non-hydrogen) atoms. The van der Waals surface area contributed by atoms with Crippen molar-refractivity contribution in [2.75, 3.05) is 0 Å². The summed E-state index contributed by atoms with van der Waals surface area (Å²) in [5.74, 6) is 0.922. The summed E-state index contributed by atoms with van der Waals surface area (Å²) in [6.07, 6.45) is 5.57. The Morgan fingerprint density at radius 2 is 1.81 bits per heavy atom. The molecule has 5 heteroatoms. The van der Waals surface area contributed by atoms with Crippen molar-refractivity contribution in [1.82, 2.24) is 0 Å². The number of nitrogens with two attached hydrogens (primary N) is 2. The Labute approximate surface area is 189 Å². The number of carbonyl (C=O) groups is 2. The highest BCUT2D eigenvalue weighted by atomic mass is 16.3. The van der Waals surface area contributed by atoms with Crippen LogP contribution in [0.2, 0.25) is 0 Å². The summed E-state index contributed by atoms with van der Waals surface area (Å²) in [7, 11) is 0. The number of hydrogen-bond donors (Lipinski definition) is 3. The molecule has 0 heterocycles. The minimum atomic E-state index is -0.414. The van der Waals surface area contributed by atoms with Gasteiger partial charge >= 0.3 is 0 Å². The smallest absolute Gasteiger partial charge is 0.248 e. The second-order valence-corrected chi connectivity index (χ2v) is 10.4. The van der Waals surface area contributed by atoms with Crippen LogP contribution in [-0.2, 0) is 12.8 Å². The van der Waals surface area contributed by atoms with Crippen LogP contribution < -0.4 is 11.5 Å². The second-order valence-electron chi connectivity index (χ2n) is 10.4. The fourth-order valence-corrected chi connectivity index (χ4v) is 7.24. The number of aliphatic hydroxyl groups is 1. The van der Waals surface area contributed by atoms with Crippen molar-refractivity contribution in [3.8, 4) is 0 Å². The molecule has 3 aliphatic carbocycles. The maximum atomic E-state index is 11.6. The first-order chi connectivity index (χ1) is 15.3. The van der Waals surface area contributed by atoms with Crippen LogP contribution >= 0.6 is 0 Å². The zero-order valence-corrected chi connectivity index (χ0v) is 18.6. The van der Waals surface area contributed by atoms with E-state index < -0.39 is 5.91 Å². The van der Waals surface area contributed by atoms with Crippen LogP contribution in [0.1, 0.15) is 75.9 Å². The van der Waals surface area contributed by atoms with E-state index in [2.05, 4.69) is 13.0 Å². The van der Waals surface area contributed by atoms with Gasteiger partial charge in [-0.1, -0.05) is 25.1 Å². The van der Waals surface area contributed by atoms with Crippen LogP contribution in [0, 0.1) is 23.2 Å². The van der Waals surface area contributed by atoms with Gasteiger partial charge in [0.2, 0.25) is 11.8 Å². The van der Waals surface area contributed by atoms with E-state index in [9.17, 15) is 14.7 Å². The Morgan fingerprint density at radius 3 is 2.56 bits per heavy atom. The normalized spacial score (nSPS) is 33.1. The lowest BCUT2D eigenvalue weighted by Crippen LogP contribution is -2.44. The molecular weight excluding hydrogens is 400 g/mol. The van der Waals surface area contributed by atoms with Crippen molar-refractivity contribution in [1.29, 1.82) is 0 Å². The molecule has 2 aromatic rings. The van der Waals surface area contributed by atoms with Crippen molar-refractivity contribution in [3.63, 3.8) is 0 Å². The van der Waals surface area contributed by atoms with Gasteiger partial charge in [-0.25, -0.2) is 0 Å². The first-order valence-electron chi connectivity index (χ1n) is 11.8. The van der Waals surface area contributed by atoms with E-state index in [1.54, 1.807) is 6.07 Å². The van der Waals surface area contributed by atoms with E-state index >= 15 is 0 Å². The predicted molar refractivity (Wildman–Crippen MR) is 123 cm³/mol. The zero-order valence-electron chi connectivity index (χ0n) is 18.6. The fourth-order valence-electron chi connectivity index (χ4n) is 7.24. The van der Waals surface area contributed by atoms with E-state index in [0.717, 1.165) is 44.1 Å². The van der Waals surface area contributed by atoms with Gasteiger partial charge in [-0.05, 0) is 109 Å². The number of aliphatic hydroxyl groups excluding tert-OH is 1. The van der Waals surface area contributed by atoms with Crippen molar-refractivity contribution < 1.29 is 14.7 Å². The molecule has 6 atom stereocenters. The number of carbonyl (C=O) groups excluding carboxylic acids is 2. The maximum Gasteiger partial charge on any atom is 0.248 e. The summed E-state index contributed by atoms with van der Waals surface area (Å²) in [6.45, 7) is 2.28. The number of primary amides is 2. The Bertz CT molecular complexity index is 1080. The average Bonchev–Trinajstić information content (AvgIpc) is 3.03. The third kappa shape index (κ3) is 3.34. The SMILES string of the molecule is C[C@]12CC[C@@H]3c4ccc(C(N)=O)cc4CC[C@H]3[C@@H]1C[C@H](Cc1cccc(C(N)=O)c1)[C@@H]2O. The molecule has 168 valence electrons. The molecule has 5 nitrogen and oxygen atoms in total. The molecule has 0 aromatic heterocycles. The van der Waals surface area contributed by atoms with Crippen LogP contribution in [0.4, 0.5) is 0 Å². The van der Waals surface area contributed by atoms with E-state index in [0.29, 0.717) is 28.9 Å². The summed E-state index contributed by atoms with van der Waals surface area (Å²) in [6, 6.07) is 13.5. The molecular formula is C27H32N2O3. The van der Waals surface area contributed by atoms with Gasteiger partial charge < -0.3 is 16.6 Å². The van der Waals surface area contributed by atoms with E-state index in [1.165, 1.54) is 11.1 Å². The summed E-state index contributed by atoms with van der Waals surface area (Å²) in [4.78, 5) is 23.2. The first-order valence-corrected chi connectivity index (χ1v) is 11.8. The summed E-state index contributed by atoms with van der Waals surface area (Å²) < 4.78 is 0. The Morgan fingerprint density at radius 1 is 1.06 bits per heavy atom. The number of amides is 2. The first kappa shape index (κ1) is 21.2. The molecule has 2 amide bonds. The molecule has 0 spiro atoms. The maximum absolute atomic E-state index is 11.6. The van der Waals surface area contributed by atoms with Crippen LogP contribution in [0.15, 0.2) is 42.5 Å². The molecule has 5 N–H and O–H groups in total. The van der Waals surface area contributed by atoms with Crippen molar-refractivity contribution in [3.05, 3.63) is 70.3 Å². The number of hydrogen-bond acceptors (Lipinski definition) is 3. The Hall–Kier alpha value is -2.66. The summed E-state index contributed by atoms with van der Waals surface area (Å²) >= 11 is 0. The zero-order chi connectivity index (χ0) is 22.6. The Balaban J connectivity index is 1.39. The molecule has 0 bridgehead atoms. The molecule has 5 rings (SSSR count). The van der Waals surface area contributed by atoms with Gasteiger partial charge in [0, 0.05) is 11.1 Å². The van der Waals surface area contributed by atoms with Crippen LogP contribution in [0.25, 0.3) is 0 Å². The number of benzene rings is 2. The third-order valence-corrected chi connectivity index (χ3v) is 8.84. The van der Waals surface area contributed by atoms with E-state index in [1.807, 2.05) is 30.3 Å². The standard InChI is InChI=1S/C27H32N2O3/c1-27-10-9-21-20-7-6-18(26(29)32)13-16(20)5-8-22(21)23(27)14-19(24(27)30)12-15-3-2-4-17(11-15)25(28)31/h2-4,6-7,11,13,19,21-24,30H,5,8-10,12,14H2,1H3,(H2,28,31)(H2,29,32)/t19-,21+,22+,23-,24-,27-/m0/s1. The van der Waals surface area contributed by atoms with Crippen molar-refractivity contribution in [2.24, 2.45) is 34.6 Å². The lowest BCUT2D eigenvalue weighted by atomic mass is 9.55. The number of rotatable bonds is 4. The topological polar surface area (TPSA) is 106 Å². The summed E-state index contributed by atoms with van der Waals surface area (Å²) in [5, 5.41) is 11.4. The average molecular weight is 433 g/mol. The van der Waals surface area contributed by atoms with Gasteiger partial charge in [0.25, 0.3) is 0 Å². The molecule has 2 saturated carbocycles. The van der Waals surface area contributed by atoms with E-state index in [-0.39, 0.29) is 23.3 Å². The molecule has 2 fully saturated rings. The number of aryl methyl sites for hydroxylation is 1. The van der Waals surface area contributed by atoms with E-state index in [4.69, 9.17) is 11.5 Å². The van der Waals surface area contributed by atoms with Crippen molar-refractivity contribution >= 4 is 11.8 Å². The quantitative estimate of drug-likeness (QED) is 0.687. The molecule has 2 aromatic carbocycles. The highest BCUT2D eigenvalue weighted by molar-refractivity contribution is 5.93. The highest BCUT2D eigenvalue weighted by Gasteiger charge is 2.57. The molecule has 0 aliphatic heterocycles. The number of fused-ring (bicyclic) bond motifs is 5. The largest absolute Gasteiger partial charge is 0.392 e.